The summed E-state index contributed by atoms with van der Waals surface area (Å²) in [5.41, 5.74) is 1.16. The second kappa shape index (κ2) is 31.6. The van der Waals surface area contributed by atoms with Crippen molar-refractivity contribution in [2.24, 2.45) is 0 Å². The number of hydrogen-bond donors (Lipinski definition) is 0. The van der Waals surface area contributed by atoms with E-state index in [1.54, 1.807) is 0 Å². The Balaban J connectivity index is 2.57. The molecule has 0 heterocycles. The van der Waals surface area contributed by atoms with Crippen LogP contribution in [0, 0.1) is 6.92 Å². The van der Waals surface area contributed by atoms with Gasteiger partial charge in [0.05, 0.1) is 19.8 Å². The molecule has 0 amide bonds. The van der Waals surface area contributed by atoms with E-state index >= 15 is 0 Å². The highest BCUT2D eigenvalue weighted by Crippen LogP contribution is 2.40. The lowest BCUT2D eigenvalue weighted by molar-refractivity contribution is 0.234. The van der Waals surface area contributed by atoms with Gasteiger partial charge in [-0.2, -0.15) is 0 Å². The molecule has 0 aromatic heterocycles. The molecule has 0 fully saturated rings. The molecule has 0 aliphatic carbocycles. The molecule has 1 aromatic carbocycles. The molecule has 0 bridgehead atoms. The number of rotatable bonds is 34. The van der Waals surface area contributed by atoms with Crippen molar-refractivity contribution in [1.29, 1.82) is 0 Å². The van der Waals surface area contributed by atoms with E-state index < -0.39 is 0 Å². The van der Waals surface area contributed by atoms with Crippen molar-refractivity contribution >= 4 is 0 Å². The molecule has 0 aliphatic rings. The van der Waals surface area contributed by atoms with Gasteiger partial charge in [0.25, 0.3) is 0 Å². The second-order valence-electron chi connectivity index (χ2n) is 13.2. The van der Waals surface area contributed by atoms with E-state index in [9.17, 15) is 0 Å². The zero-order valence-electron chi connectivity index (χ0n) is 30.0. The zero-order valence-corrected chi connectivity index (χ0v) is 30.0. The molecule has 257 valence electrons. The number of unbranched alkanes of at least 4 members (excludes halogenated alkanes) is 24. The van der Waals surface area contributed by atoms with Crippen LogP contribution in [0.3, 0.4) is 0 Å². The van der Waals surface area contributed by atoms with Crippen molar-refractivity contribution in [2.45, 2.75) is 201 Å². The third kappa shape index (κ3) is 23.0. The topological polar surface area (TPSA) is 27.7 Å². The van der Waals surface area contributed by atoms with Crippen LogP contribution in [0.4, 0.5) is 0 Å². The van der Waals surface area contributed by atoms with E-state index in [0.717, 1.165) is 68.3 Å². The van der Waals surface area contributed by atoms with Crippen LogP contribution in [-0.4, -0.2) is 19.8 Å². The normalized spacial score (nSPS) is 11.3. The van der Waals surface area contributed by atoms with E-state index in [4.69, 9.17) is 14.2 Å². The lowest BCUT2D eigenvalue weighted by Crippen LogP contribution is -2.07. The minimum atomic E-state index is 0.724. The minimum Gasteiger partial charge on any atom is -0.490 e. The molecule has 0 saturated heterocycles. The van der Waals surface area contributed by atoms with Crippen molar-refractivity contribution in [3.63, 3.8) is 0 Å². The lowest BCUT2D eigenvalue weighted by atomic mass is 10.1. The van der Waals surface area contributed by atoms with Gasteiger partial charge in [-0.3, -0.25) is 0 Å². The molecule has 1 aromatic rings. The summed E-state index contributed by atoms with van der Waals surface area (Å²) in [6.45, 7) is 13.2. The fourth-order valence-electron chi connectivity index (χ4n) is 5.91. The Morgan fingerprint density at radius 3 is 0.955 bits per heavy atom. The molecule has 0 saturated carbocycles. The van der Waals surface area contributed by atoms with Gasteiger partial charge in [-0.15, -0.1) is 0 Å². The number of ether oxygens (including phenoxy) is 3. The van der Waals surface area contributed by atoms with Gasteiger partial charge in [-0.05, 0) is 50.3 Å². The average Bonchev–Trinajstić information content (AvgIpc) is 3.04. The van der Waals surface area contributed by atoms with Gasteiger partial charge in [-0.25, -0.2) is 0 Å². The van der Waals surface area contributed by atoms with Crippen molar-refractivity contribution in [2.75, 3.05) is 19.8 Å². The second-order valence-corrected chi connectivity index (χ2v) is 13.2. The quantitative estimate of drug-likeness (QED) is 0.0722. The molecule has 0 atom stereocenters. The third-order valence-corrected chi connectivity index (χ3v) is 8.87. The predicted octanol–water partition coefficient (Wildman–Crippen LogP) is 13.8. The van der Waals surface area contributed by atoms with Gasteiger partial charge < -0.3 is 14.2 Å². The predicted molar refractivity (Wildman–Crippen MR) is 194 cm³/mol. The van der Waals surface area contributed by atoms with E-state index in [1.165, 1.54) is 154 Å². The van der Waals surface area contributed by atoms with E-state index in [0.29, 0.717) is 0 Å². The van der Waals surface area contributed by atoms with Gasteiger partial charge in [-0.1, -0.05) is 175 Å². The van der Waals surface area contributed by atoms with Crippen molar-refractivity contribution < 1.29 is 14.2 Å². The lowest BCUT2D eigenvalue weighted by Gasteiger charge is -2.19. The molecule has 1 radical (unpaired) electrons. The molecule has 3 heteroatoms. The van der Waals surface area contributed by atoms with Crippen LogP contribution < -0.4 is 14.2 Å². The van der Waals surface area contributed by atoms with Gasteiger partial charge in [0, 0.05) is 0 Å². The highest BCUT2D eigenvalue weighted by atomic mass is 16.5. The Morgan fingerprint density at radius 2 is 0.659 bits per heavy atom. The smallest absolute Gasteiger partial charge is 0.203 e. The summed E-state index contributed by atoms with van der Waals surface area (Å²) in [5, 5.41) is 0. The average molecular weight is 616 g/mol. The standard InChI is InChI=1S/C41H75O3/c1-5-9-12-15-18-21-24-27-30-33-42-39-36-38(8-4)37-40(43-34-31-28-25-22-19-16-13-10-6-2)41(39)44-35-32-29-26-23-20-17-14-11-7-3/h36-37H,4-35H2,1-3H3. The van der Waals surface area contributed by atoms with Crippen LogP contribution in [0.1, 0.15) is 200 Å². The van der Waals surface area contributed by atoms with E-state index in [2.05, 4.69) is 39.8 Å². The van der Waals surface area contributed by atoms with Gasteiger partial charge >= 0.3 is 0 Å². The molecule has 1 rings (SSSR count). The molecule has 44 heavy (non-hydrogen) atoms. The van der Waals surface area contributed by atoms with Crippen LogP contribution in [0.5, 0.6) is 17.2 Å². The third-order valence-electron chi connectivity index (χ3n) is 8.87. The Morgan fingerprint density at radius 1 is 0.386 bits per heavy atom. The van der Waals surface area contributed by atoms with Crippen LogP contribution in [0.2, 0.25) is 0 Å². The number of benzene rings is 1. The summed E-state index contributed by atoms with van der Waals surface area (Å²) in [7, 11) is 0. The van der Waals surface area contributed by atoms with Crippen molar-refractivity contribution in [3.8, 4) is 17.2 Å². The summed E-state index contributed by atoms with van der Waals surface area (Å²) in [5.74, 6) is 2.51. The molecule has 0 spiro atoms. The summed E-state index contributed by atoms with van der Waals surface area (Å²) in [6, 6.07) is 4.27. The largest absolute Gasteiger partial charge is 0.490 e. The highest BCUT2D eigenvalue weighted by molar-refractivity contribution is 5.54. The molecular weight excluding hydrogens is 540 g/mol. The summed E-state index contributed by atoms with van der Waals surface area (Å²) >= 11 is 0. The van der Waals surface area contributed by atoms with Crippen LogP contribution >= 0.6 is 0 Å². The first-order valence-electron chi connectivity index (χ1n) is 19.6. The maximum Gasteiger partial charge on any atom is 0.203 e. The van der Waals surface area contributed by atoms with Crippen LogP contribution in [0.15, 0.2) is 12.1 Å². The summed E-state index contributed by atoms with van der Waals surface area (Å²) in [4.78, 5) is 0. The van der Waals surface area contributed by atoms with Crippen molar-refractivity contribution in [3.05, 3.63) is 24.6 Å². The Kier molecular flexibility index (Phi) is 29.2. The summed E-state index contributed by atoms with van der Waals surface area (Å²) < 4.78 is 19.2. The van der Waals surface area contributed by atoms with Crippen LogP contribution in [-0.2, 0) is 6.42 Å². The van der Waals surface area contributed by atoms with Crippen LogP contribution in [0.25, 0.3) is 0 Å². The Bertz CT molecular complexity index is 686. The fraction of sp³-hybridized carbons (Fsp3) is 0.829. The first-order chi connectivity index (χ1) is 21.8. The maximum atomic E-state index is 6.44. The first kappa shape index (κ1) is 40.6. The molecular formula is C41H75O3. The Labute approximate surface area is 276 Å². The molecule has 0 aliphatic heterocycles. The highest BCUT2D eigenvalue weighted by Gasteiger charge is 2.16. The monoisotopic (exact) mass is 616 g/mol. The zero-order chi connectivity index (χ0) is 31.8. The summed E-state index contributed by atoms with van der Waals surface area (Å²) in [6.07, 6.45) is 36.3. The minimum absolute atomic E-state index is 0.724. The van der Waals surface area contributed by atoms with Crippen molar-refractivity contribution in [1.82, 2.24) is 0 Å². The molecule has 3 nitrogen and oxygen atoms in total. The fourth-order valence-corrected chi connectivity index (χ4v) is 5.91. The van der Waals surface area contributed by atoms with E-state index in [1.807, 2.05) is 0 Å². The van der Waals surface area contributed by atoms with Gasteiger partial charge in [0.15, 0.2) is 11.5 Å². The molecule has 0 unspecified atom stereocenters. The van der Waals surface area contributed by atoms with Gasteiger partial charge in [0.1, 0.15) is 0 Å². The maximum absolute atomic E-state index is 6.44. The number of hydrogen-bond acceptors (Lipinski definition) is 3. The SMILES string of the molecule is [CH2]Cc1cc(OCCCCCCCCCCC)c(OCCCCCCCCCCC)c(OCCCCCCCCCCC)c1. The van der Waals surface area contributed by atoms with Gasteiger partial charge in [0.2, 0.25) is 5.75 Å². The van der Waals surface area contributed by atoms with E-state index in [-0.39, 0.29) is 0 Å². The Hall–Kier alpha value is -1.38. The molecule has 0 N–H and O–H groups in total. The first-order valence-corrected chi connectivity index (χ1v) is 19.6.